The third-order valence-corrected chi connectivity index (χ3v) is 2.62. The number of esters is 1. The predicted molar refractivity (Wildman–Crippen MR) is 60.9 cm³/mol. The second-order valence-corrected chi connectivity index (χ2v) is 3.87. The van der Waals surface area contributed by atoms with Gasteiger partial charge in [-0.1, -0.05) is 0 Å². The van der Waals surface area contributed by atoms with Crippen molar-refractivity contribution in [3.05, 3.63) is 27.7 Å². The van der Waals surface area contributed by atoms with Crippen LogP contribution in [0.5, 0.6) is 5.75 Å². The number of nitriles is 1. The smallest absolute Gasteiger partial charge is 0.310 e. The average Bonchev–Trinajstić information content (AvgIpc) is 2.25. The molecule has 4 nitrogen and oxygen atoms in total. The van der Waals surface area contributed by atoms with Gasteiger partial charge in [0.1, 0.15) is 5.75 Å². The number of hydrogen-bond donors (Lipinski definition) is 1. The van der Waals surface area contributed by atoms with E-state index in [1.54, 1.807) is 19.1 Å². The highest BCUT2D eigenvalue weighted by molar-refractivity contribution is 9.10. The Kier molecular flexibility index (Phi) is 4.32. The molecule has 0 fully saturated rings. The Balaban J connectivity index is 3.07. The lowest BCUT2D eigenvalue weighted by Gasteiger charge is -2.07. The summed E-state index contributed by atoms with van der Waals surface area (Å²) in [5.74, 6) is -0.556. The summed E-state index contributed by atoms with van der Waals surface area (Å²) in [5.41, 5.74) is 0.559. The van der Waals surface area contributed by atoms with E-state index >= 15 is 0 Å². The van der Waals surface area contributed by atoms with E-state index in [0.717, 1.165) is 0 Å². The number of carbonyl (C=O) groups excluding carboxylic acids is 1. The van der Waals surface area contributed by atoms with Gasteiger partial charge in [0.05, 0.1) is 29.1 Å². The summed E-state index contributed by atoms with van der Waals surface area (Å²) < 4.78 is 5.22. The molecule has 0 aromatic heterocycles. The summed E-state index contributed by atoms with van der Waals surface area (Å²) in [5, 5.41) is 18.6. The number of carbonyl (C=O) groups is 1. The monoisotopic (exact) mass is 283 g/mol. The van der Waals surface area contributed by atoms with Gasteiger partial charge in [0, 0.05) is 5.56 Å². The Hall–Kier alpha value is -1.54. The van der Waals surface area contributed by atoms with Crippen molar-refractivity contribution in [2.45, 2.75) is 13.3 Å². The van der Waals surface area contributed by atoms with Gasteiger partial charge in [-0.05, 0) is 35.0 Å². The molecule has 0 amide bonds. The van der Waals surface area contributed by atoms with E-state index in [9.17, 15) is 9.90 Å². The van der Waals surface area contributed by atoms with Gasteiger partial charge in [-0.2, -0.15) is 5.26 Å². The maximum absolute atomic E-state index is 11.3. The Labute approximate surface area is 102 Å². The third kappa shape index (κ3) is 2.74. The minimum atomic E-state index is -0.465. The molecule has 0 unspecified atom stereocenters. The van der Waals surface area contributed by atoms with E-state index < -0.39 is 5.97 Å². The fraction of sp³-hybridized carbons (Fsp3) is 0.273. The summed E-state index contributed by atoms with van der Waals surface area (Å²) in [6, 6.07) is 5.02. The van der Waals surface area contributed by atoms with Crippen molar-refractivity contribution in [2.75, 3.05) is 6.61 Å². The summed E-state index contributed by atoms with van der Waals surface area (Å²) in [7, 11) is 0. The zero-order valence-corrected chi connectivity index (χ0v) is 10.2. The molecule has 0 aliphatic heterocycles. The standard InChI is InChI=1S/C11H10BrNO3/c1-2-16-10(14)5-8-7(6-13)3-4-9(12)11(8)15/h3-4,15H,2,5H2,1H3. The summed E-state index contributed by atoms with van der Waals surface area (Å²) >= 11 is 3.13. The topological polar surface area (TPSA) is 70.3 Å². The van der Waals surface area contributed by atoms with Gasteiger partial charge in [-0.3, -0.25) is 4.79 Å². The fourth-order valence-corrected chi connectivity index (χ4v) is 1.62. The van der Waals surface area contributed by atoms with Crippen LogP contribution in [-0.4, -0.2) is 17.7 Å². The minimum absolute atomic E-state index is 0.0906. The van der Waals surface area contributed by atoms with E-state index in [-0.39, 0.29) is 29.9 Å². The van der Waals surface area contributed by atoms with Crippen LogP contribution in [-0.2, 0) is 16.0 Å². The number of rotatable bonds is 3. The summed E-state index contributed by atoms with van der Waals surface area (Å²) in [4.78, 5) is 11.3. The molecule has 1 aromatic rings. The van der Waals surface area contributed by atoms with Crippen LogP contribution in [0.25, 0.3) is 0 Å². The number of ether oxygens (including phenoxy) is 1. The molecule has 1 aromatic carbocycles. The molecule has 0 saturated heterocycles. The first-order valence-corrected chi connectivity index (χ1v) is 5.45. The summed E-state index contributed by atoms with van der Waals surface area (Å²) in [6.45, 7) is 1.97. The van der Waals surface area contributed by atoms with Gasteiger partial charge in [-0.15, -0.1) is 0 Å². The van der Waals surface area contributed by atoms with Crippen molar-refractivity contribution in [3.8, 4) is 11.8 Å². The molecule has 0 bridgehead atoms. The van der Waals surface area contributed by atoms with Gasteiger partial charge in [-0.25, -0.2) is 0 Å². The lowest BCUT2D eigenvalue weighted by Crippen LogP contribution is -2.09. The van der Waals surface area contributed by atoms with Crippen molar-refractivity contribution < 1.29 is 14.6 Å². The second-order valence-electron chi connectivity index (χ2n) is 3.02. The van der Waals surface area contributed by atoms with Crippen LogP contribution in [0.15, 0.2) is 16.6 Å². The number of benzene rings is 1. The first-order chi connectivity index (χ1) is 7.60. The maximum atomic E-state index is 11.3. The van der Waals surface area contributed by atoms with Gasteiger partial charge < -0.3 is 9.84 Å². The molecule has 84 valence electrons. The Morgan fingerprint density at radius 3 is 2.88 bits per heavy atom. The van der Waals surface area contributed by atoms with Crippen LogP contribution in [0.1, 0.15) is 18.1 Å². The van der Waals surface area contributed by atoms with Crippen LogP contribution in [0.2, 0.25) is 0 Å². The van der Waals surface area contributed by atoms with Crippen molar-refractivity contribution in [3.63, 3.8) is 0 Å². The quantitative estimate of drug-likeness (QED) is 0.863. The van der Waals surface area contributed by atoms with Crippen LogP contribution in [0.3, 0.4) is 0 Å². The largest absolute Gasteiger partial charge is 0.506 e. The highest BCUT2D eigenvalue weighted by Gasteiger charge is 2.15. The van der Waals surface area contributed by atoms with E-state index in [1.165, 1.54) is 0 Å². The molecule has 0 radical (unpaired) electrons. The molecule has 0 aliphatic rings. The van der Waals surface area contributed by atoms with Crippen molar-refractivity contribution in [1.82, 2.24) is 0 Å². The molecular formula is C11H10BrNO3. The SMILES string of the molecule is CCOC(=O)Cc1c(C#N)ccc(Br)c1O. The van der Waals surface area contributed by atoms with Crippen LogP contribution in [0.4, 0.5) is 0 Å². The van der Waals surface area contributed by atoms with E-state index in [2.05, 4.69) is 15.9 Å². The number of nitrogens with zero attached hydrogens (tertiary/aromatic N) is 1. The molecule has 0 atom stereocenters. The van der Waals surface area contributed by atoms with Crippen molar-refractivity contribution >= 4 is 21.9 Å². The molecule has 0 heterocycles. The van der Waals surface area contributed by atoms with Gasteiger partial charge in [0.2, 0.25) is 0 Å². The van der Waals surface area contributed by atoms with Gasteiger partial charge in [0.15, 0.2) is 0 Å². The summed E-state index contributed by atoms with van der Waals surface area (Å²) in [6.07, 6.45) is -0.109. The first kappa shape index (κ1) is 12.5. The highest BCUT2D eigenvalue weighted by atomic mass is 79.9. The molecular weight excluding hydrogens is 274 g/mol. The predicted octanol–water partition coefficient (Wildman–Crippen LogP) is 2.13. The Bertz CT molecular complexity index is 451. The molecule has 1 rings (SSSR count). The van der Waals surface area contributed by atoms with Gasteiger partial charge >= 0.3 is 5.97 Å². The molecule has 0 spiro atoms. The second kappa shape index (κ2) is 5.52. The van der Waals surface area contributed by atoms with E-state index in [0.29, 0.717) is 4.47 Å². The van der Waals surface area contributed by atoms with Crippen LogP contribution >= 0.6 is 15.9 Å². The number of aromatic hydroxyl groups is 1. The van der Waals surface area contributed by atoms with E-state index in [4.69, 9.17) is 10.00 Å². The maximum Gasteiger partial charge on any atom is 0.310 e. The van der Waals surface area contributed by atoms with E-state index in [1.807, 2.05) is 6.07 Å². The lowest BCUT2D eigenvalue weighted by atomic mass is 10.0. The number of halogens is 1. The molecule has 5 heteroatoms. The number of phenolic OH excluding ortho intramolecular Hbond substituents is 1. The van der Waals surface area contributed by atoms with Crippen molar-refractivity contribution in [2.24, 2.45) is 0 Å². The average molecular weight is 284 g/mol. The van der Waals surface area contributed by atoms with Crippen LogP contribution in [0, 0.1) is 11.3 Å². The molecule has 1 N–H and O–H groups in total. The Morgan fingerprint density at radius 1 is 1.62 bits per heavy atom. The molecule has 16 heavy (non-hydrogen) atoms. The van der Waals surface area contributed by atoms with Gasteiger partial charge in [0.25, 0.3) is 0 Å². The number of phenols is 1. The third-order valence-electron chi connectivity index (χ3n) is 1.98. The normalized spacial score (nSPS) is 9.56. The highest BCUT2D eigenvalue weighted by Crippen LogP contribution is 2.30. The minimum Gasteiger partial charge on any atom is -0.506 e. The zero-order valence-electron chi connectivity index (χ0n) is 8.66. The first-order valence-electron chi connectivity index (χ1n) is 4.66. The molecule has 0 saturated carbocycles. The lowest BCUT2D eigenvalue weighted by molar-refractivity contribution is -0.142. The number of hydrogen-bond acceptors (Lipinski definition) is 4. The van der Waals surface area contributed by atoms with Crippen LogP contribution < -0.4 is 0 Å². The zero-order chi connectivity index (χ0) is 12.1. The molecule has 0 aliphatic carbocycles. The Morgan fingerprint density at radius 2 is 2.31 bits per heavy atom. The van der Waals surface area contributed by atoms with Crippen molar-refractivity contribution in [1.29, 1.82) is 5.26 Å². The fourth-order valence-electron chi connectivity index (χ4n) is 1.25.